The lowest BCUT2D eigenvalue weighted by Gasteiger charge is -2.40. The number of rotatable bonds is 2. The minimum Gasteiger partial charge on any atom is -0.399 e. The lowest BCUT2D eigenvalue weighted by Crippen LogP contribution is -2.41. The lowest BCUT2D eigenvalue weighted by atomic mass is 9.74. The van der Waals surface area contributed by atoms with E-state index in [0.29, 0.717) is 5.41 Å². The van der Waals surface area contributed by atoms with Crippen molar-refractivity contribution in [2.75, 3.05) is 18.8 Å². The van der Waals surface area contributed by atoms with E-state index < -0.39 is 0 Å². The van der Waals surface area contributed by atoms with E-state index in [9.17, 15) is 0 Å². The average molecular weight is 230 g/mol. The van der Waals surface area contributed by atoms with Gasteiger partial charge in [-0.3, -0.25) is 0 Å². The molecular weight excluding hydrogens is 208 g/mol. The molecule has 17 heavy (non-hydrogen) atoms. The van der Waals surface area contributed by atoms with Crippen LogP contribution >= 0.6 is 0 Å². The largest absolute Gasteiger partial charge is 0.399 e. The second-order valence-electron chi connectivity index (χ2n) is 5.95. The van der Waals surface area contributed by atoms with Gasteiger partial charge < -0.3 is 10.6 Å². The van der Waals surface area contributed by atoms with Gasteiger partial charge in [-0.25, -0.2) is 0 Å². The van der Waals surface area contributed by atoms with Crippen molar-refractivity contribution in [3.63, 3.8) is 0 Å². The Morgan fingerprint density at radius 2 is 1.71 bits per heavy atom. The number of hydrogen-bond donors (Lipinski definition) is 1. The second-order valence-corrected chi connectivity index (χ2v) is 5.95. The monoisotopic (exact) mass is 230 g/mol. The Kier molecular flexibility index (Phi) is 2.62. The van der Waals surface area contributed by atoms with E-state index >= 15 is 0 Å². The lowest BCUT2D eigenvalue weighted by molar-refractivity contribution is 0.161. The van der Waals surface area contributed by atoms with Crippen LogP contribution in [0.3, 0.4) is 0 Å². The van der Waals surface area contributed by atoms with Crippen LogP contribution in [-0.4, -0.2) is 24.0 Å². The maximum Gasteiger partial charge on any atom is 0.0314 e. The summed E-state index contributed by atoms with van der Waals surface area (Å²) in [4.78, 5) is 2.68. The molecule has 2 N–H and O–H groups in total. The van der Waals surface area contributed by atoms with Crippen LogP contribution in [0.5, 0.6) is 0 Å². The Labute approximate surface area is 104 Å². The van der Waals surface area contributed by atoms with Crippen LogP contribution in [0.1, 0.15) is 38.2 Å². The van der Waals surface area contributed by atoms with Crippen LogP contribution in [0.2, 0.25) is 0 Å². The molecule has 1 aromatic rings. The maximum atomic E-state index is 5.76. The number of nitrogen functional groups attached to an aromatic ring is 1. The SMILES string of the molecule is CC1(c2ccc(N)cc2)CCN(C2CC2)CC1. The molecule has 0 amide bonds. The third kappa shape index (κ3) is 2.19. The molecule has 1 aliphatic heterocycles. The molecule has 0 spiro atoms. The van der Waals surface area contributed by atoms with Crippen LogP contribution in [-0.2, 0) is 5.41 Å². The van der Waals surface area contributed by atoms with E-state index in [1.807, 2.05) is 12.1 Å². The molecule has 2 aliphatic rings. The highest BCUT2D eigenvalue weighted by atomic mass is 15.2. The van der Waals surface area contributed by atoms with Crippen LogP contribution in [0, 0.1) is 0 Å². The molecule has 0 unspecified atom stereocenters. The quantitative estimate of drug-likeness (QED) is 0.792. The number of hydrogen-bond acceptors (Lipinski definition) is 2. The summed E-state index contributed by atoms with van der Waals surface area (Å²) in [6, 6.07) is 9.41. The Balaban J connectivity index is 1.71. The van der Waals surface area contributed by atoms with Crippen LogP contribution in [0.15, 0.2) is 24.3 Å². The van der Waals surface area contributed by atoms with Crippen molar-refractivity contribution in [1.82, 2.24) is 4.90 Å². The topological polar surface area (TPSA) is 29.3 Å². The zero-order chi connectivity index (χ0) is 11.9. The van der Waals surface area contributed by atoms with E-state index in [0.717, 1.165) is 11.7 Å². The molecular formula is C15H22N2. The first-order valence-electron chi connectivity index (χ1n) is 6.77. The summed E-state index contributed by atoms with van der Waals surface area (Å²) in [5.74, 6) is 0. The van der Waals surface area contributed by atoms with E-state index in [2.05, 4.69) is 24.0 Å². The van der Waals surface area contributed by atoms with Crippen molar-refractivity contribution < 1.29 is 0 Å². The first kappa shape index (κ1) is 11.1. The zero-order valence-corrected chi connectivity index (χ0v) is 10.7. The van der Waals surface area contributed by atoms with Crippen molar-refractivity contribution in [2.24, 2.45) is 0 Å². The number of anilines is 1. The summed E-state index contributed by atoms with van der Waals surface area (Å²) in [7, 11) is 0. The van der Waals surface area contributed by atoms with Crippen LogP contribution < -0.4 is 5.73 Å². The second kappa shape index (κ2) is 4.02. The van der Waals surface area contributed by atoms with E-state index in [1.165, 1.54) is 44.3 Å². The fourth-order valence-corrected chi connectivity index (χ4v) is 3.00. The minimum absolute atomic E-state index is 0.360. The number of benzene rings is 1. The van der Waals surface area contributed by atoms with Crippen molar-refractivity contribution in [3.05, 3.63) is 29.8 Å². The first-order chi connectivity index (χ1) is 8.17. The van der Waals surface area contributed by atoms with Crippen molar-refractivity contribution in [3.8, 4) is 0 Å². The predicted molar refractivity (Wildman–Crippen MR) is 72.0 cm³/mol. The molecule has 0 bridgehead atoms. The third-order valence-electron chi connectivity index (χ3n) is 4.57. The summed E-state index contributed by atoms with van der Waals surface area (Å²) in [6.07, 6.45) is 5.43. The molecule has 1 saturated heterocycles. The van der Waals surface area contributed by atoms with Gasteiger partial charge in [0.15, 0.2) is 0 Å². The van der Waals surface area contributed by atoms with Gasteiger partial charge in [0, 0.05) is 11.7 Å². The van der Waals surface area contributed by atoms with Crippen LogP contribution in [0.25, 0.3) is 0 Å². The van der Waals surface area contributed by atoms with Gasteiger partial charge in [0.1, 0.15) is 0 Å². The fourth-order valence-electron chi connectivity index (χ4n) is 3.00. The Hall–Kier alpha value is -1.02. The standard InChI is InChI=1S/C15H22N2/c1-15(12-2-4-13(16)5-3-12)8-10-17(11-9-15)14-6-7-14/h2-5,14H,6-11,16H2,1H3. The molecule has 1 aliphatic carbocycles. The molecule has 2 heteroatoms. The fraction of sp³-hybridized carbons (Fsp3) is 0.600. The Morgan fingerprint density at radius 1 is 1.12 bits per heavy atom. The normalized spacial score (nSPS) is 24.8. The smallest absolute Gasteiger partial charge is 0.0314 e. The highest BCUT2D eigenvalue weighted by Crippen LogP contribution is 2.38. The molecule has 92 valence electrons. The van der Waals surface area contributed by atoms with Gasteiger partial charge in [0.2, 0.25) is 0 Å². The molecule has 2 nitrogen and oxygen atoms in total. The van der Waals surface area contributed by atoms with Gasteiger partial charge in [0.25, 0.3) is 0 Å². The third-order valence-corrected chi connectivity index (χ3v) is 4.57. The van der Waals surface area contributed by atoms with Crippen molar-refractivity contribution >= 4 is 5.69 Å². The van der Waals surface area contributed by atoms with E-state index in [1.54, 1.807) is 0 Å². The molecule has 1 saturated carbocycles. The van der Waals surface area contributed by atoms with Gasteiger partial charge in [0.05, 0.1) is 0 Å². The van der Waals surface area contributed by atoms with Gasteiger partial charge in [-0.15, -0.1) is 0 Å². The average Bonchev–Trinajstić information content (AvgIpc) is 3.15. The Bertz CT molecular complexity index is 384. The molecule has 0 atom stereocenters. The summed E-state index contributed by atoms with van der Waals surface area (Å²) in [5.41, 5.74) is 8.45. The zero-order valence-electron chi connectivity index (χ0n) is 10.7. The molecule has 2 fully saturated rings. The molecule has 1 heterocycles. The summed E-state index contributed by atoms with van der Waals surface area (Å²) >= 11 is 0. The number of nitrogens with two attached hydrogens (primary N) is 1. The first-order valence-corrected chi connectivity index (χ1v) is 6.77. The van der Waals surface area contributed by atoms with E-state index in [4.69, 9.17) is 5.73 Å². The number of piperidine rings is 1. The molecule has 1 aromatic carbocycles. The summed E-state index contributed by atoms with van der Waals surface area (Å²) in [6.45, 7) is 4.94. The molecule has 0 radical (unpaired) electrons. The van der Waals surface area contributed by atoms with Crippen molar-refractivity contribution in [1.29, 1.82) is 0 Å². The summed E-state index contributed by atoms with van der Waals surface area (Å²) in [5, 5.41) is 0. The van der Waals surface area contributed by atoms with Gasteiger partial charge in [-0.1, -0.05) is 19.1 Å². The minimum atomic E-state index is 0.360. The number of nitrogens with zero attached hydrogens (tertiary/aromatic N) is 1. The predicted octanol–water partition coefficient (Wildman–Crippen LogP) is 2.78. The van der Waals surface area contributed by atoms with Crippen LogP contribution in [0.4, 0.5) is 5.69 Å². The van der Waals surface area contributed by atoms with Crippen molar-refractivity contribution in [2.45, 2.75) is 44.1 Å². The Morgan fingerprint density at radius 3 is 2.24 bits per heavy atom. The van der Waals surface area contributed by atoms with Gasteiger partial charge in [-0.05, 0) is 61.9 Å². The molecule has 3 rings (SSSR count). The van der Waals surface area contributed by atoms with E-state index in [-0.39, 0.29) is 0 Å². The summed E-state index contributed by atoms with van der Waals surface area (Å²) < 4.78 is 0. The van der Waals surface area contributed by atoms with Gasteiger partial charge in [-0.2, -0.15) is 0 Å². The maximum absolute atomic E-state index is 5.76. The van der Waals surface area contributed by atoms with Gasteiger partial charge >= 0.3 is 0 Å². The number of likely N-dealkylation sites (tertiary alicyclic amines) is 1. The highest BCUT2D eigenvalue weighted by molar-refractivity contribution is 5.41. The highest BCUT2D eigenvalue weighted by Gasteiger charge is 2.37. The molecule has 0 aromatic heterocycles.